The number of hydrogen-bond acceptors (Lipinski definition) is 16. The van der Waals surface area contributed by atoms with Crippen LogP contribution in [0, 0.1) is 10.8 Å². The van der Waals surface area contributed by atoms with Gasteiger partial charge in [0.05, 0.1) is 49.5 Å². The first kappa shape index (κ1) is 50.3. The van der Waals surface area contributed by atoms with Gasteiger partial charge in [0, 0.05) is 36.3 Å². The zero-order valence-electron chi connectivity index (χ0n) is 32.7. The van der Waals surface area contributed by atoms with Gasteiger partial charge in [0.1, 0.15) is 39.1 Å². The SMILES string of the molecule is C=CC(=O)OCC(COCC(COC(=O)C=C)(COC(=O)C=C)COC(CO)COC(C)(C)CC(C)(C)[Si](O)(O)C(C)C)(COC(C)=O)COC(=O)C=C. The lowest BCUT2D eigenvalue weighted by molar-refractivity contribution is -0.175. The van der Waals surface area contributed by atoms with Crippen LogP contribution in [-0.4, -0.2) is 131 Å². The van der Waals surface area contributed by atoms with Crippen LogP contribution in [0.5, 0.6) is 0 Å². The molecule has 0 spiro atoms. The van der Waals surface area contributed by atoms with E-state index in [0.29, 0.717) is 0 Å². The van der Waals surface area contributed by atoms with Crippen molar-refractivity contribution in [1.82, 2.24) is 0 Å². The summed E-state index contributed by atoms with van der Waals surface area (Å²) in [5, 5.41) is 9.39. The number of rotatable bonds is 29. The van der Waals surface area contributed by atoms with E-state index in [9.17, 15) is 38.7 Å². The van der Waals surface area contributed by atoms with Crippen molar-refractivity contribution in [1.29, 1.82) is 0 Å². The number of esters is 5. The number of aliphatic hydroxyl groups is 1. The minimum Gasteiger partial charge on any atom is -0.465 e. The molecule has 16 nitrogen and oxygen atoms in total. The summed E-state index contributed by atoms with van der Waals surface area (Å²) < 4.78 is 44.6. The van der Waals surface area contributed by atoms with E-state index < -0.39 is 119 Å². The summed E-state index contributed by atoms with van der Waals surface area (Å²) >= 11 is 0. The van der Waals surface area contributed by atoms with Gasteiger partial charge >= 0.3 is 38.4 Å². The Bertz CT molecular complexity index is 1240. The molecule has 1 atom stereocenters. The smallest absolute Gasteiger partial charge is 0.341 e. The monoisotopic (exact) mass is 788 g/mol. The summed E-state index contributed by atoms with van der Waals surface area (Å²) in [6, 6.07) is 0. The molecule has 0 aliphatic carbocycles. The zero-order chi connectivity index (χ0) is 41.8. The molecule has 0 heterocycles. The molecule has 17 heteroatoms. The van der Waals surface area contributed by atoms with Crippen LogP contribution in [0.2, 0.25) is 10.6 Å². The summed E-state index contributed by atoms with van der Waals surface area (Å²) in [7, 11) is -3.68. The van der Waals surface area contributed by atoms with Gasteiger partial charge in [-0.1, -0.05) is 54.0 Å². The van der Waals surface area contributed by atoms with E-state index in [-0.39, 0.29) is 25.2 Å². The third-order valence-corrected chi connectivity index (χ3v) is 12.1. The molecule has 0 fully saturated rings. The van der Waals surface area contributed by atoms with Gasteiger partial charge in [-0.3, -0.25) is 4.79 Å². The quantitative estimate of drug-likeness (QED) is 0.0429. The summed E-state index contributed by atoms with van der Waals surface area (Å²) in [5.74, 6) is -4.01. The van der Waals surface area contributed by atoms with Crippen molar-refractivity contribution in [2.24, 2.45) is 10.8 Å². The average Bonchev–Trinajstić information content (AvgIpc) is 3.11. The first-order valence-electron chi connectivity index (χ1n) is 17.2. The lowest BCUT2D eigenvalue weighted by Crippen LogP contribution is -2.51. The third-order valence-electron chi connectivity index (χ3n) is 8.30. The maximum Gasteiger partial charge on any atom is 0.341 e. The minimum absolute atomic E-state index is 0.155. The summed E-state index contributed by atoms with van der Waals surface area (Å²) in [6.07, 6.45) is 2.92. The van der Waals surface area contributed by atoms with Crippen molar-refractivity contribution in [3.05, 3.63) is 50.6 Å². The number of carbonyl (C=O) groups excluding carboxylic acids is 5. The summed E-state index contributed by atoms with van der Waals surface area (Å²) in [5.41, 5.74) is -4.20. The predicted octanol–water partition coefficient (Wildman–Crippen LogP) is 2.64. The Kier molecular flexibility index (Phi) is 21.7. The van der Waals surface area contributed by atoms with E-state index in [2.05, 4.69) is 26.3 Å². The second-order valence-electron chi connectivity index (χ2n) is 14.6. The van der Waals surface area contributed by atoms with E-state index in [4.69, 9.17) is 37.9 Å². The van der Waals surface area contributed by atoms with E-state index in [1.165, 1.54) is 0 Å². The predicted molar refractivity (Wildman–Crippen MR) is 198 cm³/mol. The van der Waals surface area contributed by atoms with Crippen molar-refractivity contribution >= 4 is 38.4 Å². The Labute approximate surface area is 319 Å². The molecule has 0 aliphatic rings. The molecule has 0 amide bonds. The number of ether oxygens (including phenoxy) is 8. The van der Waals surface area contributed by atoms with Crippen LogP contribution < -0.4 is 0 Å². The van der Waals surface area contributed by atoms with Gasteiger partial charge in [-0.05, 0) is 25.8 Å². The van der Waals surface area contributed by atoms with Crippen molar-refractivity contribution in [3.63, 3.8) is 0 Å². The molecule has 0 radical (unpaired) electrons. The normalized spacial score (nSPS) is 12.9. The van der Waals surface area contributed by atoms with Gasteiger partial charge in [0.2, 0.25) is 0 Å². The van der Waals surface area contributed by atoms with Crippen LogP contribution in [-0.2, 0) is 61.9 Å². The van der Waals surface area contributed by atoms with Crippen LogP contribution >= 0.6 is 0 Å². The molecule has 0 bridgehead atoms. The van der Waals surface area contributed by atoms with Gasteiger partial charge in [-0.15, -0.1) is 0 Å². The second kappa shape index (κ2) is 23.3. The largest absolute Gasteiger partial charge is 0.465 e. The van der Waals surface area contributed by atoms with Gasteiger partial charge in [0.15, 0.2) is 0 Å². The molecule has 54 heavy (non-hydrogen) atoms. The van der Waals surface area contributed by atoms with E-state index in [0.717, 1.165) is 31.2 Å². The van der Waals surface area contributed by atoms with Crippen LogP contribution in [0.3, 0.4) is 0 Å². The first-order valence-corrected chi connectivity index (χ1v) is 19.1. The fourth-order valence-corrected chi connectivity index (χ4v) is 7.41. The van der Waals surface area contributed by atoms with E-state index in [1.807, 2.05) is 0 Å². The van der Waals surface area contributed by atoms with Crippen LogP contribution in [0.1, 0.15) is 54.9 Å². The molecular formula is C37H60O16Si. The highest BCUT2D eigenvalue weighted by atomic mass is 28.4. The highest BCUT2D eigenvalue weighted by Gasteiger charge is 2.51. The van der Waals surface area contributed by atoms with Gasteiger partial charge in [-0.25, -0.2) is 19.2 Å². The highest BCUT2D eigenvalue weighted by molar-refractivity contribution is 6.69. The fraction of sp³-hybridized carbons (Fsp3) is 0.649. The molecular weight excluding hydrogens is 728 g/mol. The second-order valence-corrected chi connectivity index (χ2v) is 18.6. The maximum atomic E-state index is 12.2. The molecule has 0 aromatic heterocycles. The molecule has 308 valence electrons. The average molecular weight is 789 g/mol. The number of hydrogen-bond donors (Lipinski definition) is 3. The van der Waals surface area contributed by atoms with Crippen molar-refractivity contribution in [2.45, 2.75) is 77.2 Å². The Hall–Kier alpha value is -3.71. The van der Waals surface area contributed by atoms with Crippen LogP contribution in [0.25, 0.3) is 0 Å². The van der Waals surface area contributed by atoms with Gasteiger partial charge in [-0.2, -0.15) is 0 Å². The van der Waals surface area contributed by atoms with Crippen LogP contribution in [0.4, 0.5) is 0 Å². The fourth-order valence-electron chi connectivity index (χ4n) is 5.16. The first-order chi connectivity index (χ1) is 25.0. The van der Waals surface area contributed by atoms with Crippen molar-refractivity contribution in [3.8, 4) is 0 Å². The lowest BCUT2D eigenvalue weighted by atomic mass is 9.90. The lowest BCUT2D eigenvalue weighted by Gasteiger charge is -2.43. The van der Waals surface area contributed by atoms with Crippen molar-refractivity contribution < 1.29 is 76.6 Å². The topological polar surface area (TPSA) is 220 Å². The minimum atomic E-state index is -3.68. The molecule has 0 aromatic rings. The molecule has 0 saturated carbocycles. The van der Waals surface area contributed by atoms with Crippen LogP contribution in [0.15, 0.2) is 50.6 Å². The molecule has 0 aliphatic heterocycles. The Morgan fingerprint density at radius 2 is 1.02 bits per heavy atom. The number of aliphatic hydroxyl groups excluding tert-OH is 1. The molecule has 0 aromatic carbocycles. The van der Waals surface area contributed by atoms with E-state index >= 15 is 0 Å². The molecule has 3 N–H and O–H groups in total. The number of carbonyl (C=O) groups is 5. The van der Waals surface area contributed by atoms with Crippen molar-refractivity contribution in [2.75, 3.05) is 66.1 Å². The molecule has 0 saturated heterocycles. The Morgan fingerprint density at radius 3 is 1.35 bits per heavy atom. The standard InChI is InChI=1S/C37H60O16Si/c1-12-30(40)49-23-36(21-47-28(7)39,24-50-31(41)13-2)19-46-20-37(25-51-32(42)14-3,26-52-33(43)15-4)22-48-29(16-38)17-53-34(8,9)18-35(10,11)54(44,45)27(5)6/h12-15,27,29,38,44-45H,1-4,16-26H2,5-11H3. The Balaban J connectivity index is 6.54. The molecule has 0 rings (SSSR count). The Morgan fingerprint density at radius 1 is 0.648 bits per heavy atom. The maximum absolute atomic E-state index is 12.2. The molecule has 1 unspecified atom stereocenters. The van der Waals surface area contributed by atoms with E-state index in [1.54, 1.807) is 41.5 Å². The third kappa shape index (κ3) is 18.1. The summed E-state index contributed by atoms with van der Waals surface area (Å²) in [4.78, 5) is 82.1. The van der Waals surface area contributed by atoms with Gasteiger partial charge < -0.3 is 52.6 Å². The highest BCUT2D eigenvalue weighted by Crippen LogP contribution is 2.46. The summed E-state index contributed by atoms with van der Waals surface area (Å²) in [6.45, 7) is 21.0. The van der Waals surface area contributed by atoms with Gasteiger partial charge in [0.25, 0.3) is 0 Å². The zero-order valence-corrected chi connectivity index (χ0v) is 33.7.